The summed E-state index contributed by atoms with van der Waals surface area (Å²) in [6.07, 6.45) is 0. The summed E-state index contributed by atoms with van der Waals surface area (Å²) >= 11 is 0. The normalized spacial score (nSPS) is 8.29. The molecule has 7 heteroatoms. The molecule has 0 unspecified atom stereocenters. The van der Waals surface area contributed by atoms with E-state index in [1.807, 2.05) is 0 Å². The molecule has 0 aliphatic carbocycles. The van der Waals surface area contributed by atoms with Gasteiger partial charge in [0.15, 0.2) is 0 Å². The molecule has 0 bridgehead atoms. The Balaban J connectivity index is -0.0000000800. The van der Waals surface area contributed by atoms with E-state index in [-0.39, 0.29) is 46.6 Å². The first kappa shape index (κ1) is 15.8. The first-order chi connectivity index (χ1) is 2.00. The fourth-order valence-corrected chi connectivity index (χ4v) is 0. The van der Waals surface area contributed by atoms with Crippen LogP contribution in [0.25, 0.3) is 0 Å². The first-order valence-corrected chi connectivity index (χ1v) is 2.10. The van der Waals surface area contributed by atoms with Gasteiger partial charge in [-0.05, 0) is 0 Å². The van der Waals surface area contributed by atoms with E-state index in [1.165, 1.54) is 0 Å². The van der Waals surface area contributed by atoms with Gasteiger partial charge in [0, 0.05) is 17.1 Å². The second-order valence-corrected chi connectivity index (χ2v) is 1.34. The molecule has 0 aliphatic rings. The van der Waals surface area contributed by atoms with Crippen molar-refractivity contribution >= 4 is 40.0 Å². The molecule has 41 valence electrons. The van der Waals surface area contributed by atoms with E-state index in [0.717, 1.165) is 0 Å². The Bertz CT molecular complexity index is 94.9. The van der Waals surface area contributed by atoms with E-state index in [4.69, 9.17) is 17.5 Å². The van der Waals surface area contributed by atoms with Crippen molar-refractivity contribution < 1.29 is 34.6 Å². The van der Waals surface area contributed by atoms with Crippen LogP contribution in [0, 0.1) is 0 Å². The van der Waals surface area contributed by atoms with Gasteiger partial charge in [-0.15, -0.1) is 0 Å². The molecule has 4 nitrogen and oxygen atoms in total. The molecule has 0 saturated heterocycles. The van der Waals surface area contributed by atoms with Gasteiger partial charge in [-0.3, -0.25) is 9.11 Å². The fraction of sp³-hybridized carbons (Fsp3) is 0. The van der Waals surface area contributed by atoms with Crippen molar-refractivity contribution in [3.63, 3.8) is 0 Å². The van der Waals surface area contributed by atoms with Gasteiger partial charge in [0.2, 0.25) is 0 Å². The first-order valence-electron chi connectivity index (χ1n) is 0.698. The fourth-order valence-electron chi connectivity index (χ4n) is 0. The molecule has 0 fully saturated rings. The minimum absolute atomic E-state index is 0. The molecule has 0 aliphatic heterocycles. The number of hydrogen-bond acceptors (Lipinski definition) is 2. The summed E-state index contributed by atoms with van der Waals surface area (Å²) in [4.78, 5) is 0. The second-order valence-electron chi connectivity index (χ2n) is 0.448. The molecule has 2 N–H and O–H groups in total. The SMILES string of the molecule is O=S(=O)(O)O.[Mn].[NaH]. The zero-order valence-corrected chi connectivity index (χ0v) is 4.49. The summed E-state index contributed by atoms with van der Waals surface area (Å²) in [5, 5.41) is 0. The molecule has 0 aromatic carbocycles. The Labute approximate surface area is 74.0 Å². The summed E-state index contributed by atoms with van der Waals surface area (Å²) in [6.45, 7) is 0. The van der Waals surface area contributed by atoms with Crippen LogP contribution in [-0.2, 0) is 27.5 Å². The van der Waals surface area contributed by atoms with Crippen molar-refractivity contribution in [2.45, 2.75) is 0 Å². The average Bonchev–Trinajstić information content (AvgIpc) is 0.722. The second kappa shape index (κ2) is 5.52. The Hall–Kier alpha value is 1.39. The van der Waals surface area contributed by atoms with E-state index in [2.05, 4.69) is 0 Å². The number of hydrogen-bond donors (Lipinski definition) is 2. The zero-order chi connectivity index (χ0) is 4.50. The van der Waals surface area contributed by atoms with Crippen LogP contribution in [0.15, 0.2) is 0 Å². The molecular weight excluding hydrogens is 174 g/mol. The molecule has 0 aromatic heterocycles. The van der Waals surface area contributed by atoms with Crippen molar-refractivity contribution in [3.05, 3.63) is 0 Å². The van der Waals surface area contributed by atoms with E-state index in [9.17, 15) is 0 Å². The molecule has 0 amide bonds. The van der Waals surface area contributed by atoms with Crippen LogP contribution < -0.4 is 0 Å². The molecule has 0 saturated carbocycles. The summed E-state index contributed by atoms with van der Waals surface area (Å²) in [6, 6.07) is 0. The van der Waals surface area contributed by atoms with Crippen LogP contribution in [0.5, 0.6) is 0 Å². The minimum atomic E-state index is -4.67. The van der Waals surface area contributed by atoms with Crippen LogP contribution >= 0.6 is 0 Å². The van der Waals surface area contributed by atoms with Crippen molar-refractivity contribution in [3.8, 4) is 0 Å². The number of rotatable bonds is 0. The van der Waals surface area contributed by atoms with Gasteiger partial charge >= 0.3 is 40.0 Å². The third-order valence-electron chi connectivity index (χ3n) is 0. The van der Waals surface area contributed by atoms with E-state index in [1.54, 1.807) is 0 Å². The molecule has 7 heavy (non-hydrogen) atoms. The maximum atomic E-state index is 8.74. The summed E-state index contributed by atoms with van der Waals surface area (Å²) < 4.78 is 31.6. The van der Waals surface area contributed by atoms with Crippen LogP contribution in [0.3, 0.4) is 0 Å². The standard InChI is InChI=1S/Mn.Na.H2O4S.H/c;;1-5(2,3)4;/h;;(H2,1,2,3,4);. The van der Waals surface area contributed by atoms with Gasteiger partial charge in [-0.1, -0.05) is 0 Å². The van der Waals surface area contributed by atoms with Crippen molar-refractivity contribution in [1.29, 1.82) is 0 Å². The van der Waals surface area contributed by atoms with Crippen LogP contribution in [-0.4, -0.2) is 47.1 Å². The summed E-state index contributed by atoms with van der Waals surface area (Å²) in [5.74, 6) is 0. The van der Waals surface area contributed by atoms with E-state index < -0.39 is 10.4 Å². The molecule has 1 radical (unpaired) electrons. The van der Waals surface area contributed by atoms with Crippen molar-refractivity contribution in [2.75, 3.05) is 0 Å². The van der Waals surface area contributed by atoms with Gasteiger partial charge < -0.3 is 0 Å². The van der Waals surface area contributed by atoms with Crippen molar-refractivity contribution in [1.82, 2.24) is 0 Å². The maximum absolute atomic E-state index is 8.74. The third kappa shape index (κ3) is 111. The molecule has 0 rings (SSSR count). The summed E-state index contributed by atoms with van der Waals surface area (Å²) in [7, 11) is -4.67. The average molecular weight is 177 g/mol. The third-order valence-corrected chi connectivity index (χ3v) is 0. The quantitative estimate of drug-likeness (QED) is 0.356. The zero-order valence-electron chi connectivity index (χ0n) is 2.50. The Morgan fingerprint density at radius 2 is 1.14 bits per heavy atom. The van der Waals surface area contributed by atoms with Gasteiger partial charge in [0.25, 0.3) is 0 Å². The van der Waals surface area contributed by atoms with Gasteiger partial charge in [-0.2, -0.15) is 8.42 Å². The molecular formula is H3MnNaO4S. The molecule has 0 spiro atoms. The molecule has 0 aromatic rings. The van der Waals surface area contributed by atoms with Gasteiger partial charge in [0.1, 0.15) is 0 Å². The predicted octanol–water partition coefficient (Wildman–Crippen LogP) is -1.30. The Morgan fingerprint density at radius 1 is 1.14 bits per heavy atom. The van der Waals surface area contributed by atoms with E-state index in [0.29, 0.717) is 0 Å². The van der Waals surface area contributed by atoms with E-state index >= 15 is 0 Å². The van der Waals surface area contributed by atoms with Crippen LogP contribution in [0.4, 0.5) is 0 Å². The Morgan fingerprint density at radius 3 is 1.14 bits per heavy atom. The predicted molar refractivity (Wildman–Crippen MR) is 21.3 cm³/mol. The van der Waals surface area contributed by atoms with Gasteiger partial charge in [0.05, 0.1) is 0 Å². The summed E-state index contributed by atoms with van der Waals surface area (Å²) in [5.41, 5.74) is 0. The monoisotopic (exact) mass is 177 g/mol. The van der Waals surface area contributed by atoms with Crippen LogP contribution in [0.2, 0.25) is 0 Å². The van der Waals surface area contributed by atoms with Crippen molar-refractivity contribution in [2.24, 2.45) is 0 Å². The molecule has 0 heterocycles. The Kier molecular flexibility index (Phi) is 12.4. The molecule has 0 atom stereocenters. The van der Waals surface area contributed by atoms with Crippen LogP contribution in [0.1, 0.15) is 0 Å². The topological polar surface area (TPSA) is 74.6 Å². The van der Waals surface area contributed by atoms with Gasteiger partial charge in [-0.25, -0.2) is 0 Å².